The second kappa shape index (κ2) is 10.8. The Bertz CT molecular complexity index is 636. The molecule has 0 aliphatic heterocycles. The lowest BCUT2D eigenvalue weighted by atomic mass is 10.2. The van der Waals surface area contributed by atoms with Gasteiger partial charge in [0.2, 0.25) is 0 Å². The van der Waals surface area contributed by atoms with Crippen molar-refractivity contribution in [3.8, 4) is 17.6 Å². The molecule has 0 aromatic heterocycles. The molecule has 2 rings (SSSR count). The number of nitriles is 1. The van der Waals surface area contributed by atoms with Crippen LogP contribution in [0.4, 0.5) is 0 Å². The molecule has 122 valence electrons. The molecule has 0 bridgehead atoms. The van der Waals surface area contributed by atoms with Gasteiger partial charge >= 0.3 is 0 Å². The van der Waals surface area contributed by atoms with Gasteiger partial charge in [0.1, 0.15) is 18.3 Å². The molecule has 0 amide bonds. The van der Waals surface area contributed by atoms with Crippen LogP contribution in [0.25, 0.3) is 0 Å². The van der Waals surface area contributed by atoms with Crippen LogP contribution in [0, 0.1) is 11.3 Å². The molecule has 2 aromatic rings. The molecule has 0 saturated carbocycles. The van der Waals surface area contributed by atoms with Crippen LogP contribution in [0.15, 0.2) is 46.9 Å². The lowest BCUT2D eigenvalue weighted by molar-refractivity contribution is -0.0392. The summed E-state index contributed by atoms with van der Waals surface area (Å²) in [6.07, 6.45) is 0. The summed E-state index contributed by atoms with van der Waals surface area (Å²) in [5.41, 5.74) is 1.57. The first kappa shape index (κ1) is 19.2. The van der Waals surface area contributed by atoms with Crippen molar-refractivity contribution >= 4 is 15.9 Å². The Balaban J connectivity index is 0.00000127. The highest BCUT2D eigenvalue weighted by Crippen LogP contribution is 2.27. The van der Waals surface area contributed by atoms with Gasteiger partial charge < -0.3 is 14.2 Å². The quantitative estimate of drug-likeness (QED) is 0.508. The minimum Gasteiger partial charge on any atom is -0.457 e. The Hall–Kier alpha value is -1.87. The second-order valence-electron chi connectivity index (χ2n) is 4.25. The van der Waals surface area contributed by atoms with Crippen molar-refractivity contribution < 1.29 is 14.2 Å². The fraction of sp³-hybridized carbons (Fsp3) is 0.278. The molecule has 23 heavy (non-hydrogen) atoms. The Morgan fingerprint density at radius 3 is 2.30 bits per heavy atom. The minimum absolute atomic E-state index is 0.243. The van der Waals surface area contributed by atoms with E-state index >= 15 is 0 Å². The highest BCUT2D eigenvalue weighted by atomic mass is 79.9. The predicted octanol–water partition coefficient (Wildman–Crippen LogP) is 5.26. The normalized spacial score (nSPS) is 9.52. The first-order valence-corrected chi connectivity index (χ1v) is 8.05. The number of nitrogens with zero attached hydrogens (tertiary/aromatic N) is 1. The molecule has 0 aliphatic carbocycles. The van der Waals surface area contributed by atoms with Gasteiger partial charge in [-0.3, -0.25) is 0 Å². The molecule has 0 spiro atoms. The van der Waals surface area contributed by atoms with E-state index < -0.39 is 0 Å². The molecule has 0 saturated heterocycles. The number of halogens is 1. The van der Waals surface area contributed by atoms with E-state index in [1.165, 1.54) is 0 Å². The summed E-state index contributed by atoms with van der Waals surface area (Å²) < 4.78 is 16.9. The second-order valence-corrected chi connectivity index (χ2v) is 5.10. The van der Waals surface area contributed by atoms with E-state index in [0.717, 1.165) is 10.0 Å². The van der Waals surface area contributed by atoms with Crippen molar-refractivity contribution in [3.63, 3.8) is 0 Å². The van der Waals surface area contributed by atoms with Gasteiger partial charge in [-0.1, -0.05) is 29.8 Å². The first-order chi connectivity index (χ1) is 11.2. The third-order valence-corrected chi connectivity index (χ3v) is 3.47. The lowest BCUT2D eigenvalue weighted by Crippen LogP contribution is -1.98. The van der Waals surface area contributed by atoms with Crippen molar-refractivity contribution in [2.24, 2.45) is 0 Å². The molecular weight excluding hydrogens is 358 g/mol. The maximum Gasteiger partial charge on any atom is 0.146 e. The van der Waals surface area contributed by atoms with E-state index in [9.17, 15) is 0 Å². The van der Waals surface area contributed by atoms with E-state index in [4.69, 9.17) is 19.5 Å². The molecule has 0 radical (unpaired) electrons. The van der Waals surface area contributed by atoms with E-state index in [0.29, 0.717) is 23.7 Å². The minimum atomic E-state index is 0.243. The standard InChI is InChI=1S/C16H14BrNO3.C2H6/c1-19-11-20-10-13-8-15(6-7-16(13)17)21-14-4-2-12(9-18)3-5-14;1-2/h2-8H,10-11H2,1H3;1-2H3. The van der Waals surface area contributed by atoms with Crippen LogP contribution < -0.4 is 4.74 Å². The van der Waals surface area contributed by atoms with E-state index in [1.807, 2.05) is 32.0 Å². The molecule has 0 fully saturated rings. The van der Waals surface area contributed by atoms with Gasteiger partial charge in [0.25, 0.3) is 0 Å². The molecular formula is C18H20BrNO3. The summed E-state index contributed by atoms with van der Waals surface area (Å²) in [6.45, 7) is 4.67. The van der Waals surface area contributed by atoms with Gasteiger partial charge in [-0.2, -0.15) is 5.26 Å². The number of benzene rings is 2. The van der Waals surface area contributed by atoms with Crippen LogP contribution in [0.1, 0.15) is 25.0 Å². The smallest absolute Gasteiger partial charge is 0.146 e. The number of methoxy groups -OCH3 is 1. The largest absolute Gasteiger partial charge is 0.457 e. The van der Waals surface area contributed by atoms with Crippen LogP contribution >= 0.6 is 15.9 Å². The average Bonchev–Trinajstić information content (AvgIpc) is 2.60. The summed E-state index contributed by atoms with van der Waals surface area (Å²) >= 11 is 3.47. The molecule has 4 nitrogen and oxygen atoms in total. The molecule has 0 N–H and O–H groups in total. The van der Waals surface area contributed by atoms with E-state index in [-0.39, 0.29) is 6.79 Å². The van der Waals surface area contributed by atoms with Crippen molar-refractivity contribution in [1.29, 1.82) is 5.26 Å². The predicted molar refractivity (Wildman–Crippen MR) is 93.4 cm³/mol. The molecule has 0 heterocycles. The molecule has 0 aliphatic rings. The SMILES string of the molecule is CC.COCOCc1cc(Oc2ccc(C#N)cc2)ccc1Br. The highest BCUT2D eigenvalue weighted by Gasteiger charge is 2.04. The molecule has 0 unspecified atom stereocenters. The van der Waals surface area contributed by atoms with Gasteiger partial charge in [-0.05, 0) is 48.0 Å². The maximum absolute atomic E-state index is 8.77. The zero-order valence-electron chi connectivity index (χ0n) is 13.5. The summed E-state index contributed by atoms with van der Waals surface area (Å²) in [4.78, 5) is 0. The van der Waals surface area contributed by atoms with Crippen LogP contribution in [-0.2, 0) is 16.1 Å². The Morgan fingerprint density at radius 1 is 1.04 bits per heavy atom. The molecule has 5 heteroatoms. The topological polar surface area (TPSA) is 51.5 Å². The van der Waals surface area contributed by atoms with E-state index in [1.54, 1.807) is 31.4 Å². The third kappa shape index (κ3) is 6.41. The molecule has 2 aromatic carbocycles. The van der Waals surface area contributed by atoms with Gasteiger partial charge in [-0.15, -0.1) is 0 Å². The van der Waals surface area contributed by atoms with Crippen LogP contribution in [0.2, 0.25) is 0 Å². The first-order valence-electron chi connectivity index (χ1n) is 7.26. The Morgan fingerprint density at radius 2 is 1.70 bits per heavy atom. The third-order valence-electron chi connectivity index (χ3n) is 2.70. The Labute approximate surface area is 145 Å². The fourth-order valence-electron chi connectivity index (χ4n) is 1.69. The van der Waals surface area contributed by atoms with Gasteiger partial charge in [0.05, 0.1) is 18.2 Å². The number of ether oxygens (including phenoxy) is 3. The average molecular weight is 378 g/mol. The number of rotatable bonds is 6. The number of hydrogen-bond acceptors (Lipinski definition) is 4. The van der Waals surface area contributed by atoms with Gasteiger partial charge in [0.15, 0.2) is 0 Å². The number of hydrogen-bond donors (Lipinski definition) is 0. The zero-order valence-corrected chi connectivity index (χ0v) is 15.1. The summed E-state index contributed by atoms with van der Waals surface area (Å²) in [5.74, 6) is 1.39. The van der Waals surface area contributed by atoms with Crippen molar-refractivity contribution in [2.75, 3.05) is 13.9 Å². The van der Waals surface area contributed by atoms with Gasteiger partial charge in [0, 0.05) is 11.6 Å². The van der Waals surface area contributed by atoms with E-state index in [2.05, 4.69) is 22.0 Å². The molecule has 0 atom stereocenters. The highest BCUT2D eigenvalue weighted by molar-refractivity contribution is 9.10. The maximum atomic E-state index is 8.77. The van der Waals surface area contributed by atoms with Crippen molar-refractivity contribution in [3.05, 3.63) is 58.1 Å². The van der Waals surface area contributed by atoms with Crippen molar-refractivity contribution in [2.45, 2.75) is 20.5 Å². The zero-order chi connectivity index (χ0) is 17.1. The van der Waals surface area contributed by atoms with Crippen LogP contribution in [0.3, 0.4) is 0 Å². The van der Waals surface area contributed by atoms with Crippen LogP contribution in [-0.4, -0.2) is 13.9 Å². The fourth-order valence-corrected chi connectivity index (χ4v) is 2.05. The van der Waals surface area contributed by atoms with Crippen LogP contribution in [0.5, 0.6) is 11.5 Å². The monoisotopic (exact) mass is 377 g/mol. The lowest BCUT2D eigenvalue weighted by Gasteiger charge is -2.10. The van der Waals surface area contributed by atoms with Crippen molar-refractivity contribution in [1.82, 2.24) is 0 Å². The van der Waals surface area contributed by atoms with Gasteiger partial charge in [-0.25, -0.2) is 0 Å². The summed E-state index contributed by atoms with van der Waals surface area (Å²) in [6, 6.07) is 14.7. The summed E-state index contributed by atoms with van der Waals surface area (Å²) in [5, 5.41) is 8.77. The summed E-state index contributed by atoms with van der Waals surface area (Å²) in [7, 11) is 1.58. The Kier molecular flexibility index (Phi) is 9.00.